The Balaban J connectivity index is 1.11. The molecule has 2 nitrogen and oxygen atoms in total. The topological polar surface area (TPSA) is 9.86 Å². The van der Waals surface area contributed by atoms with Gasteiger partial charge in [0.25, 0.3) is 0 Å². The van der Waals surface area contributed by atoms with Crippen molar-refractivity contribution in [3.05, 3.63) is 231 Å². The first-order valence-electron chi connectivity index (χ1n) is 20.7. The summed E-state index contributed by atoms with van der Waals surface area (Å²) in [6.07, 6.45) is 0. The molecule has 0 bridgehead atoms. The first-order chi connectivity index (χ1) is 29.8. The smallest absolute Gasteiger partial charge is 0.0541 e. The molecule has 0 aliphatic rings. The quantitative estimate of drug-likeness (QED) is 0.160. The van der Waals surface area contributed by atoms with Crippen molar-refractivity contribution in [3.8, 4) is 55.9 Å². The number of hydrogen-bond donors (Lipinski definition) is 0. The standard InChI is InChI=1S/C58H38N2/c1-3-17-39(18-4-1)57-55(41-31-35-43(36-32-41)59-51-27-13-9-21-45(51)46-22-10-14-28-52(46)59)49-25-7-8-26-50(49)56(58(57)40-19-5-2-6-20-40)42-33-37-44(38-34-42)60-53-29-15-11-23-47(53)48-24-12-16-30-54(48)60/h1-38H. The maximum Gasteiger partial charge on any atom is 0.0541 e. The summed E-state index contributed by atoms with van der Waals surface area (Å²) < 4.78 is 4.79. The van der Waals surface area contributed by atoms with Gasteiger partial charge in [-0.1, -0.05) is 182 Å². The van der Waals surface area contributed by atoms with Crippen LogP contribution < -0.4 is 0 Å². The van der Waals surface area contributed by atoms with E-state index in [1.165, 1.54) is 98.9 Å². The van der Waals surface area contributed by atoms with Crippen LogP contribution in [0.3, 0.4) is 0 Å². The van der Waals surface area contributed by atoms with Crippen molar-refractivity contribution >= 4 is 54.4 Å². The summed E-state index contributed by atoms with van der Waals surface area (Å²) in [5.41, 5.74) is 16.8. The van der Waals surface area contributed by atoms with Gasteiger partial charge in [0, 0.05) is 32.9 Å². The van der Waals surface area contributed by atoms with Gasteiger partial charge in [-0.2, -0.15) is 0 Å². The largest absolute Gasteiger partial charge is 0.309 e. The summed E-state index contributed by atoms with van der Waals surface area (Å²) >= 11 is 0. The molecule has 2 heteroatoms. The molecule has 12 aromatic rings. The Kier molecular flexibility index (Phi) is 7.89. The van der Waals surface area contributed by atoms with Crippen LogP contribution in [0, 0.1) is 0 Å². The van der Waals surface area contributed by atoms with Crippen LogP contribution in [0.1, 0.15) is 0 Å². The van der Waals surface area contributed by atoms with Crippen LogP contribution in [0.5, 0.6) is 0 Å². The molecule has 0 aliphatic carbocycles. The average Bonchev–Trinajstić information content (AvgIpc) is 3.85. The van der Waals surface area contributed by atoms with Gasteiger partial charge in [0.05, 0.1) is 22.1 Å². The summed E-state index contributed by atoms with van der Waals surface area (Å²) in [5.74, 6) is 0. The van der Waals surface area contributed by atoms with Crippen LogP contribution in [0.25, 0.3) is 110 Å². The van der Waals surface area contributed by atoms with E-state index in [0.29, 0.717) is 0 Å². The molecular formula is C58H38N2. The van der Waals surface area contributed by atoms with Gasteiger partial charge in [-0.05, 0) is 104 Å². The van der Waals surface area contributed by atoms with Crippen molar-refractivity contribution in [2.24, 2.45) is 0 Å². The molecule has 2 aromatic heterocycles. The number of nitrogens with zero attached hydrogens (tertiary/aromatic N) is 2. The lowest BCUT2D eigenvalue weighted by atomic mass is 9.79. The fraction of sp³-hybridized carbons (Fsp3) is 0. The number of aromatic nitrogens is 2. The molecule has 0 saturated carbocycles. The van der Waals surface area contributed by atoms with E-state index in [-0.39, 0.29) is 0 Å². The van der Waals surface area contributed by atoms with Crippen molar-refractivity contribution in [1.82, 2.24) is 9.13 Å². The van der Waals surface area contributed by atoms with E-state index < -0.39 is 0 Å². The fourth-order valence-corrected chi connectivity index (χ4v) is 9.78. The highest BCUT2D eigenvalue weighted by Gasteiger charge is 2.24. The van der Waals surface area contributed by atoms with E-state index in [1.807, 2.05) is 0 Å². The summed E-state index contributed by atoms with van der Waals surface area (Å²) in [6.45, 7) is 0. The molecular weight excluding hydrogens is 725 g/mol. The third kappa shape index (κ3) is 5.28. The Bertz CT molecular complexity index is 3210. The molecule has 0 spiro atoms. The molecule has 0 aliphatic heterocycles. The maximum atomic E-state index is 2.40. The molecule has 0 atom stereocenters. The van der Waals surface area contributed by atoms with Crippen molar-refractivity contribution in [3.63, 3.8) is 0 Å². The second-order valence-electron chi connectivity index (χ2n) is 15.6. The summed E-state index contributed by atoms with van der Waals surface area (Å²) in [4.78, 5) is 0. The average molecular weight is 763 g/mol. The van der Waals surface area contributed by atoms with E-state index in [1.54, 1.807) is 0 Å². The van der Waals surface area contributed by atoms with E-state index in [2.05, 4.69) is 240 Å². The van der Waals surface area contributed by atoms with Gasteiger partial charge in [-0.25, -0.2) is 0 Å². The Labute approximate surface area is 348 Å². The highest BCUT2D eigenvalue weighted by atomic mass is 15.0. The van der Waals surface area contributed by atoms with Crippen molar-refractivity contribution in [2.45, 2.75) is 0 Å². The van der Waals surface area contributed by atoms with Gasteiger partial charge < -0.3 is 9.13 Å². The number of para-hydroxylation sites is 4. The number of hydrogen-bond acceptors (Lipinski definition) is 0. The van der Waals surface area contributed by atoms with Gasteiger partial charge in [-0.15, -0.1) is 0 Å². The molecule has 0 unspecified atom stereocenters. The Morgan fingerprint density at radius 1 is 0.183 bits per heavy atom. The van der Waals surface area contributed by atoms with Gasteiger partial charge in [0.15, 0.2) is 0 Å². The van der Waals surface area contributed by atoms with E-state index in [0.717, 1.165) is 11.4 Å². The lowest BCUT2D eigenvalue weighted by Crippen LogP contribution is -1.99. The Hall–Kier alpha value is -7.94. The van der Waals surface area contributed by atoms with Gasteiger partial charge >= 0.3 is 0 Å². The van der Waals surface area contributed by atoms with E-state index >= 15 is 0 Å². The minimum absolute atomic E-state index is 1.14. The molecule has 2 heterocycles. The molecule has 0 fully saturated rings. The van der Waals surface area contributed by atoms with Crippen LogP contribution in [0.2, 0.25) is 0 Å². The first-order valence-corrected chi connectivity index (χ1v) is 20.7. The second kappa shape index (κ2) is 13.9. The van der Waals surface area contributed by atoms with Crippen LogP contribution >= 0.6 is 0 Å². The number of rotatable bonds is 6. The molecule has 0 saturated heterocycles. The van der Waals surface area contributed by atoms with E-state index in [4.69, 9.17) is 0 Å². The highest BCUT2D eigenvalue weighted by molar-refractivity contribution is 6.18. The zero-order valence-corrected chi connectivity index (χ0v) is 32.8. The minimum Gasteiger partial charge on any atom is -0.309 e. The van der Waals surface area contributed by atoms with Crippen LogP contribution in [0.4, 0.5) is 0 Å². The summed E-state index contributed by atoms with van der Waals surface area (Å²) in [6, 6.07) is 84.3. The number of fused-ring (bicyclic) bond motifs is 7. The van der Waals surface area contributed by atoms with Gasteiger partial charge in [0.1, 0.15) is 0 Å². The minimum atomic E-state index is 1.14. The van der Waals surface area contributed by atoms with Crippen LogP contribution in [0.15, 0.2) is 231 Å². The molecule has 0 N–H and O–H groups in total. The number of benzene rings is 10. The lowest BCUT2D eigenvalue weighted by molar-refractivity contribution is 1.18. The normalized spacial score (nSPS) is 11.7. The van der Waals surface area contributed by atoms with E-state index in [9.17, 15) is 0 Å². The summed E-state index contributed by atoms with van der Waals surface area (Å²) in [5, 5.41) is 7.51. The third-order valence-electron chi connectivity index (χ3n) is 12.3. The Morgan fingerprint density at radius 3 is 0.750 bits per heavy atom. The zero-order chi connectivity index (χ0) is 39.6. The van der Waals surface area contributed by atoms with Crippen LogP contribution in [-0.4, -0.2) is 9.13 Å². The second-order valence-corrected chi connectivity index (χ2v) is 15.6. The molecule has 0 radical (unpaired) electrons. The maximum absolute atomic E-state index is 2.40. The van der Waals surface area contributed by atoms with Crippen molar-refractivity contribution < 1.29 is 0 Å². The molecule has 10 aromatic carbocycles. The van der Waals surface area contributed by atoms with Gasteiger partial charge in [-0.3, -0.25) is 0 Å². The highest BCUT2D eigenvalue weighted by Crippen LogP contribution is 2.51. The summed E-state index contributed by atoms with van der Waals surface area (Å²) in [7, 11) is 0. The lowest BCUT2D eigenvalue weighted by Gasteiger charge is -2.24. The predicted octanol–water partition coefficient (Wildman–Crippen LogP) is 15.7. The molecule has 280 valence electrons. The zero-order valence-electron chi connectivity index (χ0n) is 32.8. The fourth-order valence-electron chi connectivity index (χ4n) is 9.78. The van der Waals surface area contributed by atoms with Crippen molar-refractivity contribution in [2.75, 3.05) is 0 Å². The third-order valence-corrected chi connectivity index (χ3v) is 12.3. The molecule has 12 rings (SSSR count). The first kappa shape index (κ1) is 34.1. The van der Waals surface area contributed by atoms with Gasteiger partial charge in [0.2, 0.25) is 0 Å². The Morgan fingerprint density at radius 2 is 0.433 bits per heavy atom. The molecule has 60 heavy (non-hydrogen) atoms. The predicted molar refractivity (Wildman–Crippen MR) is 254 cm³/mol. The monoisotopic (exact) mass is 762 g/mol. The van der Waals surface area contributed by atoms with Crippen molar-refractivity contribution in [1.29, 1.82) is 0 Å². The van der Waals surface area contributed by atoms with Crippen LogP contribution in [-0.2, 0) is 0 Å². The molecule has 0 amide bonds. The SMILES string of the molecule is c1ccc(-c2c(-c3ccccc3)c(-c3ccc(-n4c5ccccc5c5ccccc54)cc3)c3ccccc3c2-c2ccc(-n3c4ccccc4c4ccccc43)cc2)cc1.